The van der Waals surface area contributed by atoms with Gasteiger partial charge >= 0.3 is 0 Å². The molecule has 1 aromatic heterocycles. The zero-order valence-electron chi connectivity index (χ0n) is 10.3. The molecule has 1 amide bonds. The predicted octanol–water partition coefficient (Wildman–Crippen LogP) is 0.968. The van der Waals surface area contributed by atoms with Gasteiger partial charge in [0.1, 0.15) is 0 Å². The van der Waals surface area contributed by atoms with Crippen LogP contribution in [0.1, 0.15) is 23.7 Å². The number of nitrogens with zero attached hydrogens (tertiary/aromatic N) is 2. The van der Waals surface area contributed by atoms with Crippen molar-refractivity contribution in [3.63, 3.8) is 0 Å². The Kier molecular flexibility index (Phi) is 5.42. The first-order chi connectivity index (χ1) is 8.24. The Morgan fingerprint density at radius 1 is 1.53 bits per heavy atom. The number of aliphatic hydroxyl groups excluding tert-OH is 1. The van der Waals surface area contributed by atoms with E-state index in [2.05, 4.69) is 10.3 Å². The van der Waals surface area contributed by atoms with E-state index < -0.39 is 0 Å². The van der Waals surface area contributed by atoms with Crippen LogP contribution < -0.4 is 5.32 Å². The minimum Gasteiger partial charge on any atom is -0.395 e. The van der Waals surface area contributed by atoms with Gasteiger partial charge in [0.15, 0.2) is 0 Å². The molecule has 0 aliphatic rings. The summed E-state index contributed by atoms with van der Waals surface area (Å²) in [6, 6.07) is 1.69. The van der Waals surface area contributed by atoms with Crippen LogP contribution in [0.15, 0.2) is 18.5 Å². The summed E-state index contributed by atoms with van der Waals surface area (Å²) in [5.41, 5.74) is 1.29. The first-order valence-corrected chi connectivity index (χ1v) is 5.76. The number of carbonyl (C=O) groups excluding carboxylic acids is 1. The van der Waals surface area contributed by atoms with Crippen LogP contribution in [0.25, 0.3) is 0 Å². The fourth-order valence-electron chi connectivity index (χ4n) is 1.66. The van der Waals surface area contributed by atoms with Gasteiger partial charge in [-0.1, -0.05) is 6.92 Å². The van der Waals surface area contributed by atoms with Gasteiger partial charge in [-0.25, -0.2) is 0 Å². The molecule has 2 N–H and O–H groups in total. The summed E-state index contributed by atoms with van der Waals surface area (Å²) in [7, 11) is 1.75. The average Bonchev–Trinajstić information content (AvgIpc) is 2.37. The largest absolute Gasteiger partial charge is 0.395 e. The Balaban J connectivity index is 2.92. The van der Waals surface area contributed by atoms with Crippen LogP contribution >= 0.6 is 0 Å². The standard InChI is InChI=1S/C12H19N3O2/c1-3-6-15(7-8-16)12(17)10-4-5-14-9-11(10)13-2/h4-5,9,13,16H,3,6-8H2,1-2H3. The van der Waals surface area contributed by atoms with Gasteiger partial charge in [-0.15, -0.1) is 0 Å². The third-order valence-electron chi connectivity index (χ3n) is 2.47. The van der Waals surface area contributed by atoms with E-state index in [4.69, 9.17) is 5.11 Å². The highest BCUT2D eigenvalue weighted by Crippen LogP contribution is 2.15. The number of aromatic nitrogens is 1. The molecule has 17 heavy (non-hydrogen) atoms. The first-order valence-electron chi connectivity index (χ1n) is 5.76. The molecule has 5 heteroatoms. The fraction of sp³-hybridized carbons (Fsp3) is 0.500. The van der Waals surface area contributed by atoms with Gasteiger partial charge in [0.25, 0.3) is 5.91 Å². The lowest BCUT2D eigenvalue weighted by atomic mass is 10.2. The number of aliphatic hydroxyl groups is 1. The molecular weight excluding hydrogens is 218 g/mol. The van der Waals surface area contributed by atoms with E-state index in [9.17, 15) is 4.79 Å². The first kappa shape index (κ1) is 13.4. The number of hydrogen-bond acceptors (Lipinski definition) is 4. The van der Waals surface area contributed by atoms with Crippen molar-refractivity contribution in [1.29, 1.82) is 0 Å². The highest BCUT2D eigenvalue weighted by Gasteiger charge is 2.17. The number of amides is 1. The van der Waals surface area contributed by atoms with Crippen LogP contribution in [0.3, 0.4) is 0 Å². The molecule has 1 heterocycles. The van der Waals surface area contributed by atoms with Crippen LogP contribution in [0, 0.1) is 0 Å². The van der Waals surface area contributed by atoms with E-state index in [1.807, 2.05) is 6.92 Å². The number of nitrogens with one attached hydrogen (secondary N) is 1. The highest BCUT2D eigenvalue weighted by atomic mass is 16.3. The van der Waals surface area contributed by atoms with Crippen molar-refractivity contribution in [2.45, 2.75) is 13.3 Å². The summed E-state index contributed by atoms with van der Waals surface area (Å²) in [5.74, 6) is -0.0762. The Labute approximate surface area is 101 Å². The quantitative estimate of drug-likeness (QED) is 0.773. The van der Waals surface area contributed by atoms with Gasteiger partial charge in [0.05, 0.1) is 24.1 Å². The number of anilines is 1. The van der Waals surface area contributed by atoms with Gasteiger partial charge in [-0.3, -0.25) is 9.78 Å². The maximum Gasteiger partial charge on any atom is 0.256 e. The third kappa shape index (κ3) is 3.42. The molecule has 0 bridgehead atoms. The van der Waals surface area contributed by atoms with Gasteiger partial charge in [0.2, 0.25) is 0 Å². The molecule has 0 fully saturated rings. The van der Waals surface area contributed by atoms with Gasteiger partial charge in [-0.05, 0) is 12.5 Å². The molecule has 0 saturated heterocycles. The van der Waals surface area contributed by atoms with Crippen LogP contribution in [0.4, 0.5) is 5.69 Å². The van der Waals surface area contributed by atoms with Gasteiger partial charge in [-0.2, -0.15) is 0 Å². The van der Waals surface area contributed by atoms with Crippen molar-refractivity contribution in [1.82, 2.24) is 9.88 Å². The van der Waals surface area contributed by atoms with Crippen molar-refractivity contribution in [3.8, 4) is 0 Å². The molecule has 0 aliphatic carbocycles. The highest BCUT2D eigenvalue weighted by molar-refractivity contribution is 5.99. The summed E-state index contributed by atoms with van der Waals surface area (Å²) in [6.45, 7) is 2.98. The zero-order valence-corrected chi connectivity index (χ0v) is 10.3. The Morgan fingerprint density at radius 2 is 2.29 bits per heavy atom. The molecule has 1 rings (SSSR count). The summed E-state index contributed by atoms with van der Waals surface area (Å²) >= 11 is 0. The molecule has 0 unspecified atom stereocenters. The monoisotopic (exact) mass is 237 g/mol. The summed E-state index contributed by atoms with van der Waals surface area (Å²) in [5, 5.41) is 11.9. The average molecular weight is 237 g/mol. The topological polar surface area (TPSA) is 65.5 Å². The van der Waals surface area contributed by atoms with E-state index in [-0.39, 0.29) is 12.5 Å². The lowest BCUT2D eigenvalue weighted by Gasteiger charge is -2.22. The van der Waals surface area contributed by atoms with Crippen molar-refractivity contribution in [3.05, 3.63) is 24.0 Å². The Hall–Kier alpha value is -1.62. The smallest absolute Gasteiger partial charge is 0.256 e. The van der Waals surface area contributed by atoms with Crippen LogP contribution in [0.5, 0.6) is 0 Å². The molecule has 1 aromatic rings. The molecule has 0 radical (unpaired) electrons. The summed E-state index contributed by atoms with van der Waals surface area (Å²) < 4.78 is 0. The fourth-order valence-corrected chi connectivity index (χ4v) is 1.66. The maximum atomic E-state index is 12.3. The zero-order chi connectivity index (χ0) is 12.7. The lowest BCUT2D eigenvalue weighted by molar-refractivity contribution is 0.0723. The van der Waals surface area contributed by atoms with Gasteiger partial charge in [0, 0.05) is 26.3 Å². The second-order valence-electron chi connectivity index (χ2n) is 3.69. The van der Waals surface area contributed by atoms with Crippen LogP contribution in [0.2, 0.25) is 0 Å². The maximum absolute atomic E-state index is 12.3. The molecule has 94 valence electrons. The van der Waals surface area contributed by atoms with Crippen molar-refractivity contribution >= 4 is 11.6 Å². The molecule has 0 aliphatic heterocycles. The minimum atomic E-state index is -0.0762. The second kappa shape index (κ2) is 6.85. The minimum absolute atomic E-state index is 0.0221. The Morgan fingerprint density at radius 3 is 2.88 bits per heavy atom. The third-order valence-corrected chi connectivity index (χ3v) is 2.47. The molecule has 0 atom stereocenters. The molecule has 0 saturated carbocycles. The van der Waals surface area contributed by atoms with Crippen molar-refractivity contribution in [2.75, 3.05) is 32.1 Å². The number of rotatable bonds is 6. The van der Waals surface area contributed by atoms with E-state index in [0.717, 1.165) is 6.42 Å². The van der Waals surface area contributed by atoms with E-state index in [1.165, 1.54) is 0 Å². The van der Waals surface area contributed by atoms with Crippen molar-refractivity contribution in [2.24, 2.45) is 0 Å². The summed E-state index contributed by atoms with van der Waals surface area (Å²) in [4.78, 5) is 17.9. The van der Waals surface area contributed by atoms with E-state index in [0.29, 0.717) is 24.3 Å². The second-order valence-corrected chi connectivity index (χ2v) is 3.69. The number of pyridine rings is 1. The predicted molar refractivity (Wildman–Crippen MR) is 67.1 cm³/mol. The SMILES string of the molecule is CCCN(CCO)C(=O)c1ccncc1NC. The van der Waals surface area contributed by atoms with E-state index in [1.54, 1.807) is 30.4 Å². The number of hydrogen-bond donors (Lipinski definition) is 2. The molecule has 0 aromatic carbocycles. The van der Waals surface area contributed by atoms with Crippen molar-refractivity contribution < 1.29 is 9.90 Å². The normalized spacial score (nSPS) is 10.1. The molecule has 5 nitrogen and oxygen atoms in total. The van der Waals surface area contributed by atoms with Gasteiger partial charge < -0.3 is 15.3 Å². The lowest BCUT2D eigenvalue weighted by Crippen LogP contribution is -2.34. The molecular formula is C12H19N3O2. The van der Waals surface area contributed by atoms with Crippen LogP contribution in [-0.2, 0) is 0 Å². The Bertz CT molecular complexity index is 363. The van der Waals surface area contributed by atoms with E-state index >= 15 is 0 Å². The number of carbonyl (C=O) groups is 1. The summed E-state index contributed by atoms with van der Waals surface area (Å²) in [6.07, 6.45) is 4.08. The molecule has 0 spiro atoms. The van der Waals surface area contributed by atoms with Crippen LogP contribution in [-0.4, -0.2) is 47.6 Å².